The second-order valence-electron chi connectivity index (χ2n) is 8.44. The molecule has 172 valence electrons. The fourth-order valence-electron chi connectivity index (χ4n) is 4.36. The first-order valence-electron chi connectivity index (χ1n) is 10.8. The average Bonchev–Trinajstić information content (AvgIpc) is 3.40. The Morgan fingerprint density at radius 1 is 1.21 bits per heavy atom. The van der Waals surface area contributed by atoms with E-state index in [2.05, 4.69) is 24.7 Å². The van der Waals surface area contributed by atoms with Crippen LogP contribution in [0.2, 0.25) is 0 Å². The first kappa shape index (κ1) is 21.6. The lowest BCUT2D eigenvalue weighted by molar-refractivity contribution is 0.237. The van der Waals surface area contributed by atoms with Crippen molar-refractivity contribution >= 4 is 32.7 Å². The average molecular weight is 468 g/mol. The molecule has 33 heavy (non-hydrogen) atoms. The molecule has 10 nitrogen and oxygen atoms in total. The van der Waals surface area contributed by atoms with Gasteiger partial charge in [-0.2, -0.15) is 17.0 Å². The lowest BCUT2D eigenvalue weighted by Crippen LogP contribution is -2.60. The first-order valence-corrected chi connectivity index (χ1v) is 12.2. The molecule has 0 bridgehead atoms. The lowest BCUT2D eigenvalue weighted by atomic mass is 10.2. The van der Waals surface area contributed by atoms with E-state index in [-0.39, 0.29) is 13.2 Å². The lowest BCUT2D eigenvalue weighted by Gasteiger charge is -2.43. The van der Waals surface area contributed by atoms with Gasteiger partial charge in [-0.1, -0.05) is 12.1 Å². The van der Waals surface area contributed by atoms with Gasteiger partial charge < -0.3 is 14.6 Å². The number of aromatic nitrogens is 3. The van der Waals surface area contributed by atoms with Crippen molar-refractivity contribution in [3.63, 3.8) is 0 Å². The highest BCUT2D eigenvalue weighted by Crippen LogP contribution is 2.47. The van der Waals surface area contributed by atoms with Gasteiger partial charge in [-0.3, -0.25) is 0 Å². The molecule has 2 fully saturated rings. The number of benzene rings is 1. The van der Waals surface area contributed by atoms with E-state index in [4.69, 9.17) is 11.3 Å². The van der Waals surface area contributed by atoms with E-state index in [1.54, 1.807) is 41.9 Å². The normalized spacial score (nSPS) is 18.0. The van der Waals surface area contributed by atoms with Crippen molar-refractivity contribution < 1.29 is 13.2 Å². The van der Waals surface area contributed by atoms with Gasteiger partial charge in [0.25, 0.3) is 10.2 Å². The third-order valence-electron chi connectivity index (χ3n) is 6.36. The highest BCUT2D eigenvalue weighted by molar-refractivity contribution is 7.86. The molecule has 5 rings (SSSR count). The number of fused-ring (bicyclic) bond motifs is 1. The van der Waals surface area contributed by atoms with E-state index in [1.165, 1.54) is 4.31 Å². The Morgan fingerprint density at radius 2 is 2.00 bits per heavy atom. The van der Waals surface area contributed by atoms with Gasteiger partial charge in [0.1, 0.15) is 30.1 Å². The Kier molecular flexibility index (Phi) is 5.44. The molecule has 1 spiro atoms. The molecule has 1 saturated carbocycles. The third-order valence-corrected chi connectivity index (χ3v) is 8.46. The molecule has 1 aliphatic carbocycles. The van der Waals surface area contributed by atoms with Crippen molar-refractivity contribution in [3.8, 4) is 5.75 Å². The fraction of sp³-hybridized carbons (Fsp3) is 0.409. The molecular formula is C22H25N7O3S. The number of piperazine rings is 1. The van der Waals surface area contributed by atoms with E-state index in [9.17, 15) is 8.42 Å². The predicted molar refractivity (Wildman–Crippen MR) is 125 cm³/mol. The molecule has 3 aromatic rings. The maximum Gasteiger partial charge on any atom is 0.282 e. The number of rotatable bonds is 7. The predicted octanol–water partition coefficient (Wildman–Crippen LogP) is 2.42. The van der Waals surface area contributed by atoms with Crippen LogP contribution >= 0.6 is 0 Å². The van der Waals surface area contributed by atoms with Crippen molar-refractivity contribution in [1.29, 1.82) is 0 Å². The summed E-state index contributed by atoms with van der Waals surface area (Å²) in [4.78, 5) is 17.4. The minimum Gasteiger partial charge on any atom is -0.492 e. The van der Waals surface area contributed by atoms with Crippen LogP contribution in [0, 0.1) is 6.57 Å². The van der Waals surface area contributed by atoms with E-state index < -0.39 is 15.7 Å². The van der Waals surface area contributed by atoms with Crippen LogP contribution in [0.4, 0.5) is 11.5 Å². The molecular weight excluding hydrogens is 442 g/mol. The fourth-order valence-corrected chi connectivity index (χ4v) is 6.04. The SMILES string of the molecule is [C-]#[N+]c1ccc(OCCN(C)S(=O)(=O)N2CCN(c3ncnc4[nH]ccc34)CC23CC3)cc1. The van der Waals surface area contributed by atoms with Crippen LogP contribution in [0.3, 0.4) is 0 Å². The van der Waals surface area contributed by atoms with Crippen LogP contribution in [0.25, 0.3) is 15.9 Å². The second kappa shape index (κ2) is 8.30. The van der Waals surface area contributed by atoms with Gasteiger partial charge in [0.05, 0.1) is 17.5 Å². The highest BCUT2D eigenvalue weighted by Gasteiger charge is 2.56. The van der Waals surface area contributed by atoms with Crippen molar-refractivity contribution in [1.82, 2.24) is 23.6 Å². The molecule has 0 atom stereocenters. The summed E-state index contributed by atoms with van der Waals surface area (Å²) in [7, 11) is -2.03. The highest BCUT2D eigenvalue weighted by atomic mass is 32.2. The largest absolute Gasteiger partial charge is 0.492 e. The number of nitrogens with zero attached hydrogens (tertiary/aromatic N) is 6. The first-order chi connectivity index (χ1) is 15.9. The third kappa shape index (κ3) is 4.01. The maximum atomic E-state index is 13.4. The van der Waals surface area contributed by atoms with Gasteiger partial charge >= 0.3 is 0 Å². The minimum absolute atomic E-state index is 0.229. The van der Waals surface area contributed by atoms with Gasteiger partial charge in [-0.25, -0.2) is 14.8 Å². The maximum absolute atomic E-state index is 13.4. The Hall–Kier alpha value is -3.20. The monoisotopic (exact) mass is 467 g/mol. The smallest absolute Gasteiger partial charge is 0.282 e. The number of aromatic amines is 1. The summed E-state index contributed by atoms with van der Waals surface area (Å²) in [5.41, 5.74) is 0.925. The number of anilines is 1. The minimum atomic E-state index is -3.63. The number of hydrogen-bond acceptors (Lipinski definition) is 6. The molecule has 11 heteroatoms. The van der Waals surface area contributed by atoms with Crippen molar-refractivity contribution in [2.75, 3.05) is 44.7 Å². The molecule has 1 saturated heterocycles. The zero-order valence-electron chi connectivity index (χ0n) is 18.3. The molecule has 0 radical (unpaired) electrons. The Labute approximate surface area is 192 Å². The van der Waals surface area contributed by atoms with Crippen molar-refractivity contribution in [2.45, 2.75) is 18.4 Å². The van der Waals surface area contributed by atoms with Crippen LogP contribution in [0.15, 0.2) is 42.9 Å². The standard InChI is InChI=1S/C22H25N7O3S/c1-23-17-3-5-18(6-4-17)32-14-13-27(2)33(30,31)29-12-11-28(15-22(29)8-9-22)21-19-7-10-24-20(19)25-16-26-21/h3-7,10,16H,8-9,11-15H2,2H3,(H,24,25,26). The summed E-state index contributed by atoms with van der Waals surface area (Å²) >= 11 is 0. The zero-order chi connectivity index (χ0) is 23.1. The van der Waals surface area contributed by atoms with Crippen LogP contribution < -0.4 is 9.64 Å². The number of hydrogen-bond donors (Lipinski definition) is 1. The van der Waals surface area contributed by atoms with E-state index in [1.807, 2.05) is 12.3 Å². The van der Waals surface area contributed by atoms with Crippen LogP contribution in [0.5, 0.6) is 5.75 Å². The molecule has 2 aromatic heterocycles. The summed E-state index contributed by atoms with van der Waals surface area (Å²) in [5, 5.41) is 0.948. The second-order valence-corrected chi connectivity index (χ2v) is 10.4. The van der Waals surface area contributed by atoms with E-state index in [0.717, 1.165) is 29.7 Å². The van der Waals surface area contributed by atoms with Gasteiger partial charge in [0, 0.05) is 39.4 Å². The number of nitrogens with one attached hydrogen (secondary N) is 1. The van der Waals surface area contributed by atoms with Crippen LogP contribution in [-0.2, 0) is 10.2 Å². The van der Waals surface area contributed by atoms with Crippen LogP contribution in [0.1, 0.15) is 12.8 Å². The Morgan fingerprint density at radius 3 is 2.73 bits per heavy atom. The molecule has 1 aliphatic heterocycles. The quantitative estimate of drug-likeness (QED) is 0.536. The zero-order valence-corrected chi connectivity index (χ0v) is 19.1. The molecule has 1 N–H and O–H groups in total. The molecule has 2 aliphatic rings. The summed E-state index contributed by atoms with van der Waals surface area (Å²) in [6, 6.07) is 8.75. The molecule has 0 unspecified atom stereocenters. The summed E-state index contributed by atoms with van der Waals surface area (Å²) in [6.07, 6.45) is 5.05. The van der Waals surface area contributed by atoms with Crippen molar-refractivity contribution in [2.24, 2.45) is 0 Å². The summed E-state index contributed by atoms with van der Waals surface area (Å²) in [5.74, 6) is 1.46. The van der Waals surface area contributed by atoms with Gasteiger partial charge in [-0.05, 0) is 31.0 Å². The van der Waals surface area contributed by atoms with E-state index in [0.29, 0.717) is 31.1 Å². The number of likely N-dealkylation sites (N-methyl/N-ethyl adjacent to an activating group) is 1. The van der Waals surface area contributed by atoms with Gasteiger partial charge in [-0.15, -0.1) is 0 Å². The van der Waals surface area contributed by atoms with E-state index >= 15 is 0 Å². The van der Waals surface area contributed by atoms with Crippen LogP contribution in [-0.4, -0.2) is 77.4 Å². The Bertz CT molecular complexity index is 1300. The van der Waals surface area contributed by atoms with Gasteiger partial charge in [0.2, 0.25) is 0 Å². The van der Waals surface area contributed by atoms with Crippen molar-refractivity contribution in [3.05, 3.63) is 54.3 Å². The number of ether oxygens (including phenoxy) is 1. The Balaban J connectivity index is 1.24. The topological polar surface area (TPSA) is 99.0 Å². The van der Waals surface area contributed by atoms with Gasteiger partial charge in [0.15, 0.2) is 5.69 Å². The number of H-pyrrole nitrogens is 1. The molecule has 1 aromatic carbocycles. The summed E-state index contributed by atoms with van der Waals surface area (Å²) < 4.78 is 35.5. The molecule has 3 heterocycles. The summed E-state index contributed by atoms with van der Waals surface area (Å²) in [6.45, 7) is 9.04. The molecule has 0 amide bonds.